The molecule has 0 fully saturated rings. The van der Waals surface area contributed by atoms with E-state index in [9.17, 15) is 10.2 Å². The van der Waals surface area contributed by atoms with Gasteiger partial charge >= 0.3 is 52.8 Å². The highest BCUT2D eigenvalue weighted by Gasteiger charge is 2.43. The molecule has 0 heterocycles. The summed E-state index contributed by atoms with van der Waals surface area (Å²) >= 11 is 0. The van der Waals surface area contributed by atoms with E-state index in [1.54, 1.807) is 128 Å². The molecule has 0 saturated heterocycles. The average Bonchev–Trinajstić information content (AvgIpc) is 3.61. The van der Waals surface area contributed by atoms with Crippen LogP contribution in [0.5, 0.6) is 0 Å². The lowest BCUT2D eigenvalue weighted by molar-refractivity contribution is 0.0136. The second kappa shape index (κ2) is 51.3. The Balaban J connectivity index is -0.00000119. The van der Waals surface area contributed by atoms with Crippen LogP contribution in [0, 0.1) is 0 Å². The minimum absolute atomic E-state index is 0.485. The van der Waals surface area contributed by atoms with Crippen LogP contribution in [0.2, 0.25) is 60.9 Å². The lowest BCUT2D eigenvalue weighted by Gasteiger charge is -2.31. The molecule has 84 heavy (non-hydrogen) atoms. The second-order valence-corrected chi connectivity index (χ2v) is 46.2. The van der Waals surface area contributed by atoms with Gasteiger partial charge < -0.3 is 89.9 Å². The van der Waals surface area contributed by atoms with Crippen LogP contribution in [0.3, 0.4) is 0 Å². The van der Waals surface area contributed by atoms with Gasteiger partial charge in [0.05, 0.1) is 19.3 Å². The van der Waals surface area contributed by atoms with Crippen LogP contribution in [-0.2, 0) is 79.7 Å². The maximum Gasteiger partial charge on any atom is 0.500 e. The van der Waals surface area contributed by atoms with Crippen molar-refractivity contribution in [3.63, 3.8) is 0 Å². The molecule has 2 N–H and O–H groups in total. The van der Waals surface area contributed by atoms with Gasteiger partial charge in [-0.15, -0.1) is 0 Å². The van der Waals surface area contributed by atoms with Crippen LogP contribution in [0.4, 0.5) is 0 Å². The third kappa shape index (κ3) is 36.1. The normalized spacial score (nSPS) is 13.3. The van der Waals surface area contributed by atoms with Crippen molar-refractivity contribution in [3.8, 4) is 0 Å². The first kappa shape index (κ1) is 88.9. The van der Waals surface area contributed by atoms with Crippen molar-refractivity contribution in [2.75, 3.05) is 128 Å². The smallest absolute Gasteiger partial charge is 0.390 e. The van der Waals surface area contributed by atoms with Gasteiger partial charge in [0.15, 0.2) is 0 Å². The Hall–Kier alpha value is 0.718. The number of unbranched alkanes of at least 4 members (excludes halogenated alkanes) is 11. The second-order valence-electron chi connectivity index (χ2n) is 22.5. The van der Waals surface area contributed by atoms with E-state index in [1.807, 2.05) is 6.92 Å². The molecule has 0 unspecified atom stereocenters. The monoisotopic (exact) mass is 1330 g/mol. The lowest BCUT2D eigenvalue weighted by Crippen LogP contribution is -2.44. The Morgan fingerprint density at radius 3 is 0.619 bits per heavy atom. The Kier molecular flexibility index (Phi) is 54.3. The fourth-order valence-corrected chi connectivity index (χ4v) is 26.2. The highest BCUT2D eigenvalue weighted by atomic mass is 28.4. The molecule has 0 amide bonds. The van der Waals surface area contributed by atoms with Crippen LogP contribution < -0.4 is 0 Å². The Labute approximate surface area is 523 Å². The predicted octanol–water partition coefficient (Wildman–Crippen LogP) is 13.2. The molecule has 0 aromatic heterocycles. The van der Waals surface area contributed by atoms with E-state index in [-0.39, 0.29) is 0 Å². The highest BCUT2D eigenvalue weighted by Crippen LogP contribution is 2.33. The Morgan fingerprint density at radius 2 is 0.405 bits per heavy atom. The molecule has 0 aliphatic rings. The summed E-state index contributed by atoms with van der Waals surface area (Å²) in [6.07, 6.45) is 25.1. The summed E-state index contributed by atoms with van der Waals surface area (Å²) in [4.78, 5) is 0. The summed E-state index contributed by atoms with van der Waals surface area (Å²) in [5.41, 5.74) is -1.20. The summed E-state index contributed by atoms with van der Waals surface area (Å²) in [5.74, 6) is 0. The fraction of sp³-hybridized carbons (Fsp3) is 1.00. The Bertz CT molecular complexity index is 1330. The minimum Gasteiger partial charge on any atom is -0.390 e. The molecule has 0 rings (SSSR count). The van der Waals surface area contributed by atoms with Crippen molar-refractivity contribution in [3.05, 3.63) is 0 Å². The van der Waals surface area contributed by atoms with Gasteiger partial charge in [-0.1, -0.05) is 135 Å². The summed E-state index contributed by atoms with van der Waals surface area (Å²) in [5, 5.41) is 21.8. The molecule has 0 radical (unpaired) electrons. The summed E-state index contributed by atoms with van der Waals surface area (Å²) in [6, 6.07) is 8.82. The average molecular weight is 1340 g/mol. The lowest BCUT2D eigenvalue weighted by atomic mass is 9.87. The maximum atomic E-state index is 11.0. The van der Waals surface area contributed by atoms with Crippen molar-refractivity contribution in [1.29, 1.82) is 0 Å². The highest BCUT2D eigenvalue weighted by molar-refractivity contribution is 6.79. The third-order valence-corrected chi connectivity index (χ3v) is 39.2. The molecule has 510 valence electrons. The van der Waals surface area contributed by atoms with Gasteiger partial charge in [-0.25, -0.2) is 0 Å². The van der Waals surface area contributed by atoms with Gasteiger partial charge in [0.1, 0.15) is 0 Å². The fourth-order valence-electron chi connectivity index (χ4n) is 11.0. The third-order valence-electron chi connectivity index (χ3n) is 17.6. The van der Waals surface area contributed by atoms with Crippen molar-refractivity contribution in [1.82, 2.24) is 0 Å². The van der Waals surface area contributed by atoms with E-state index in [0.29, 0.717) is 31.4 Å². The van der Waals surface area contributed by atoms with Gasteiger partial charge in [-0.3, -0.25) is 0 Å². The van der Waals surface area contributed by atoms with Crippen LogP contribution in [-0.4, -0.2) is 210 Å². The van der Waals surface area contributed by atoms with E-state index in [1.165, 1.54) is 82.3 Å². The van der Waals surface area contributed by atoms with Gasteiger partial charge in [-0.05, 0) is 64.2 Å². The maximum absolute atomic E-state index is 11.0. The first-order valence-corrected chi connectivity index (χ1v) is 46.1. The molecule has 0 spiro atoms. The number of aliphatic hydroxyl groups is 2. The van der Waals surface area contributed by atoms with Crippen LogP contribution >= 0.6 is 0 Å². The van der Waals surface area contributed by atoms with Gasteiger partial charge in [0.2, 0.25) is 0 Å². The van der Waals surface area contributed by atoms with Crippen LogP contribution in [0.1, 0.15) is 175 Å². The van der Waals surface area contributed by atoms with Crippen LogP contribution in [0.15, 0.2) is 0 Å². The van der Waals surface area contributed by atoms with Crippen LogP contribution in [0.25, 0.3) is 0 Å². The first-order valence-electron chi connectivity index (χ1n) is 31.4. The molecule has 0 bridgehead atoms. The molecular weight excluding hydrogens is 1200 g/mol. The van der Waals surface area contributed by atoms with Crippen molar-refractivity contribution >= 4 is 60.9 Å². The van der Waals surface area contributed by atoms with E-state index >= 15 is 0 Å². The van der Waals surface area contributed by atoms with E-state index in [0.717, 1.165) is 94.8 Å². The summed E-state index contributed by atoms with van der Waals surface area (Å²) < 4.78 is 98.8. The summed E-state index contributed by atoms with van der Waals surface area (Å²) in [6.45, 7) is 8.93. The molecule has 27 heteroatoms. The SMILES string of the molecule is CCC(O)(CCCCCCCC[Si](OC)(OC)OC)CCCCCCCC[Si](OC)(OC)OC.CCC(O)(CCC[Si](OC)(OC)OC)CCC[Si](OC)(OC)OC.CCCC[Si](C)(CCC[Si](OC)(OC)OC)CCC[Si](OC)(OC)OC. The van der Waals surface area contributed by atoms with E-state index in [2.05, 4.69) is 20.4 Å². The standard InChI is InChI=1S/C25H56O7Si2.C17H42O6Si3.C15H36O7Si2/c1-8-25(26,21-17-13-9-11-15-19-23-33(27-2,28-3)29-4)22-18-14-10-12-16-20-24-34(30-5,31-6)32-7;1-9-10-13-24(8,14-11-16-25(18-2,19-3)20-4)15-12-17-26(21-5,22-6)23-7;1-8-15(16,11-9-13-23(17-2,18-3)19-4)12-10-14-24(20-5,21-6)22-7/h26H,8-24H2,1-7H3;9-17H2,1-8H3;16H,8-14H2,1-7H3. The molecule has 0 aliphatic carbocycles. The van der Waals surface area contributed by atoms with E-state index in [4.69, 9.17) is 79.7 Å². The first-order chi connectivity index (χ1) is 40.0. The number of hydrogen-bond acceptors (Lipinski definition) is 20. The quantitative estimate of drug-likeness (QED) is 0.0429. The molecule has 20 nitrogen and oxygen atoms in total. The molecule has 0 saturated carbocycles. The molecular formula is C57H134O20Si7. The number of hydrogen-bond donors (Lipinski definition) is 2. The predicted molar refractivity (Wildman–Crippen MR) is 353 cm³/mol. The zero-order valence-electron chi connectivity index (χ0n) is 58.1. The largest absolute Gasteiger partial charge is 0.500 e. The molecule has 0 aliphatic heterocycles. The van der Waals surface area contributed by atoms with Crippen molar-refractivity contribution in [2.45, 2.75) is 247 Å². The van der Waals surface area contributed by atoms with Gasteiger partial charge in [0.25, 0.3) is 0 Å². The Morgan fingerprint density at radius 1 is 0.226 bits per heavy atom. The molecule has 0 aromatic carbocycles. The topological polar surface area (TPSA) is 207 Å². The minimum atomic E-state index is -2.57. The van der Waals surface area contributed by atoms with Gasteiger partial charge in [0, 0.05) is 164 Å². The van der Waals surface area contributed by atoms with Gasteiger partial charge in [-0.2, -0.15) is 0 Å². The summed E-state index contributed by atoms with van der Waals surface area (Å²) in [7, 11) is 13.6. The number of rotatable bonds is 57. The van der Waals surface area contributed by atoms with Crippen molar-refractivity contribution in [2.24, 2.45) is 0 Å². The zero-order valence-corrected chi connectivity index (χ0v) is 65.1. The molecule has 0 atom stereocenters. The zero-order chi connectivity index (χ0) is 64.6. The van der Waals surface area contributed by atoms with Crippen molar-refractivity contribution < 1.29 is 89.9 Å². The molecule has 0 aromatic rings. The van der Waals surface area contributed by atoms with E-state index < -0.39 is 72.1 Å².